The molecule has 0 spiro atoms. The van der Waals surface area contributed by atoms with Crippen LogP contribution in [-0.4, -0.2) is 15.8 Å². The van der Waals surface area contributed by atoms with Crippen LogP contribution in [0.25, 0.3) is 0 Å². The Bertz CT molecular complexity index is 538. The summed E-state index contributed by atoms with van der Waals surface area (Å²) in [5, 5.41) is 9.01. The summed E-state index contributed by atoms with van der Waals surface area (Å²) in [5.41, 5.74) is 0.393. The van der Waals surface area contributed by atoms with E-state index in [0.717, 1.165) is 0 Å². The van der Waals surface area contributed by atoms with Gasteiger partial charge in [0.25, 0.3) is 0 Å². The van der Waals surface area contributed by atoms with Gasteiger partial charge in [-0.3, -0.25) is 10.00 Å². The predicted octanol–water partition coefficient (Wildman–Crippen LogP) is 2.20. The van der Waals surface area contributed by atoms with Gasteiger partial charge in [0, 0.05) is 18.8 Å². The molecule has 88 valence electrons. The maximum atomic E-state index is 12.9. The number of nitrogens with one attached hydrogen (secondary N) is 2. The monoisotopic (exact) mass is 234 g/mol. The van der Waals surface area contributed by atoms with Gasteiger partial charge in [0.05, 0.1) is 6.20 Å². The highest BCUT2D eigenvalue weighted by Gasteiger charge is 2.05. The summed E-state index contributed by atoms with van der Waals surface area (Å²) in [7, 11) is 1.71. The summed E-state index contributed by atoms with van der Waals surface area (Å²) in [4.78, 5) is 11.6. The number of anilines is 2. The zero-order valence-corrected chi connectivity index (χ0v) is 9.14. The molecule has 2 aromatic rings. The van der Waals surface area contributed by atoms with Gasteiger partial charge in [0.15, 0.2) is 0 Å². The fraction of sp³-hybridized carbons (Fsp3) is 0.0909. The first-order valence-corrected chi connectivity index (χ1v) is 4.97. The molecule has 2 rings (SSSR count). The molecule has 0 aliphatic heterocycles. The Morgan fingerprint density at radius 3 is 2.82 bits per heavy atom. The lowest BCUT2D eigenvalue weighted by Crippen LogP contribution is -2.21. The van der Waals surface area contributed by atoms with Gasteiger partial charge in [0.2, 0.25) is 0 Å². The van der Waals surface area contributed by atoms with Gasteiger partial charge in [-0.15, -0.1) is 0 Å². The van der Waals surface area contributed by atoms with Crippen molar-refractivity contribution in [1.29, 1.82) is 0 Å². The zero-order chi connectivity index (χ0) is 12.3. The van der Waals surface area contributed by atoms with Crippen molar-refractivity contribution in [3.63, 3.8) is 0 Å². The second-order valence-corrected chi connectivity index (χ2v) is 3.43. The van der Waals surface area contributed by atoms with E-state index in [1.165, 1.54) is 22.9 Å². The third-order valence-corrected chi connectivity index (χ3v) is 2.15. The molecule has 0 aliphatic rings. The van der Waals surface area contributed by atoms with Crippen LogP contribution in [0, 0.1) is 5.82 Å². The zero-order valence-electron chi connectivity index (χ0n) is 9.14. The van der Waals surface area contributed by atoms with Gasteiger partial charge in [0.1, 0.15) is 11.6 Å². The number of aromatic nitrogens is 2. The molecule has 0 fully saturated rings. The van der Waals surface area contributed by atoms with Crippen molar-refractivity contribution in [2.75, 3.05) is 10.6 Å². The number of amides is 2. The average molecular weight is 234 g/mol. The molecule has 0 bridgehead atoms. The van der Waals surface area contributed by atoms with Gasteiger partial charge < -0.3 is 5.32 Å². The Balaban J connectivity index is 2.01. The lowest BCUT2D eigenvalue weighted by Gasteiger charge is -2.07. The molecule has 0 radical (unpaired) electrons. The Labute approximate surface area is 97.3 Å². The summed E-state index contributed by atoms with van der Waals surface area (Å²) >= 11 is 0. The van der Waals surface area contributed by atoms with Gasteiger partial charge in [-0.05, 0) is 18.2 Å². The first kappa shape index (κ1) is 11.1. The van der Waals surface area contributed by atoms with Gasteiger partial charge in [-0.25, -0.2) is 9.18 Å². The summed E-state index contributed by atoms with van der Waals surface area (Å²) in [5.74, 6) is 0.155. The van der Waals surface area contributed by atoms with E-state index in [2.05, 4.69) is 15.7 Å². The number of rotatable bonds is 2. The van der Waals surface area contributed by atoms with Gasteiger partial charge in [-0.2, -0.15) is 5.10 Å². The Morgan fingerprint density at radius 1 is 1.35 bits per heavy atom. The summed E-state index contributed by atoms with van der Waals surface area (Å²) in [6.45, 7) is 0. The van der Waals surface area contributed by atoms with Crippen molar-refractivity contribution in [3.8, 4) is 0 Å². The molecule has 1 heterocycles. The van der Waals surface area contributed by atoms with Gasteiger partial charge >= 0.3 is 6.03 Å². The van der Waals surface area contributed by atoms with Crippen LogP contribution >= 0.6 is 0 Å². The number of urea groups is 1. The van der Waals surface area contributed by atoms with Crippen molar-refractivity contribution < 1.29 is 9.18 Å². The third kappa shape index (κ3) is 2.81. The van der Waals surface area contributed by atoms with E-state index >= 15 is 0 Å². The number of carbonyl (C=O) groups excluding carboxylic acids is 1. The quantitative estimate of drug-likeness (QED) is 0.836. The minimum absolute atomic E-state index is 0.393. The molecule has 0 saturated heterocycles. The highest BCUT2D eigenvalue weighted by atomic mass is 19.1. The Morgan fingerprint density at radius 2 is 2.18 bits per heavy atom. The molecular weight excluding hydrogens is 223 g/mol. The number of carbonyl (C=O) groups is 1. The van der Waals surface area contributed by atoms with Crippen molar-refractivity contribution in [2.45, 2.75) is 0 Å². The van der Waals surface area contributed by atoms with Crippen LogP contribution in [0.3, 0.4) is 0 Å². The van der Waals surface area contributed by atoms with E-state index in [1.54, 1.807) is 25.4 Å². The maximum absolute atomic E-state index is 12.9. The Hall–Kier alpha value is -2.37. The molecule has 1 aromatic carbocycles. The second-order valence-electron chi connectivity index (χ2n) is 3.43. The lowest BCUT2D eigenvalue weighted by molar-refractivity contribution is 0.262. The maximum Gasteiger partial charge on any atom is 0.324 e. The fourth-order valence-corrected chi connectivity index (χ4v) is 1.34. The largest absolute Gasteiger partial charge is 0.324 e. The van der Waals surface area contributed by atoms with Crippen molar-refractivity contribution in [3.05, 3.63) is 42.3 Å². The molecule has 5 nitrogen and oxygen atoms in total. The minimum Gasteiger partial charge on any atom is -0.308 e. The first-order valence-electron chi connectivity index (χ1n) is 4.97. The number of hydrogen-bond acceptors (Lipinski definition) is 2. The van der Waals surface area contributed by atoms with Crippen molar-refractivity contribution in [1.82, 2.24) is 9.78 Å². The van der Waals surface area contributed by atoms with Crippen LogP contribution in [0.2, 0.25) is 0 Å². The molecule has 6 heteroatoms. The number of hydrogen-bond donors (Lipinski definition) is 2. The molecule has 2 N–H and O–H groups in total. The van der Waals surface area contributed by atoms with Crippen molar-refractivity contribution in [2.24, 2.45) is 7.05 Å². The summed E-state index contributed by atoms with van der Waals surface area (Å²) in [6.07, 6.45) is 1.57. The van der Waals surface area contributed by atoms with Crippen LogP contribution in [0.4, 0.5) is 20.7 Å². The predicted molar refractivity (Wildman–Crippen MR) is 62.2 cm³/mol. The summed E-state index contributed by atoms with van der Waals surface area (Å²) in [6, 6.07) is 6.89. The van der Waals surface area contributed by atoms with Gasteiger partial charge in [-0.1, -0.05) is 6.07 Å². The van der Waals surface area contributed by atoms with Crippen LogP contribution in [0.1, 0.15) is 0 Å². The van der Waals surface area contributed by atoms with E-state index in [-0.39, 0.29) is 0 Å². The number of aryl methyl sites for hydroxylation is 1. The highest BCUT2D eigenvalue weighted by Crippen LogP contribution is 2.10. The highest BCUT2D eigenvalue weighted by molar-refractivity contribution is 5.99. The van der Waals surface area contributed by atoms with E-state index < -0.39 is 11.8 Å². The standard InChI is InChI=1S/C11H11FN4O/c1-16-10(5-6-13-16)15-11(17)14-9-4-2-3-8(12)7-9/h2-7H,1H3,(H2,14,15,17). The van der Waals surface area contributed by atoms with Crippen LogP contribution in [0.15, 0.2) is 36.5 Å². The SMILES string of the molecule is Cn1nccc1NC(=O)Nc1cccc(F)c1. The summed E-state index contributed by atoms with van der Waals surface area (Å²) < 4.78 is 14.4. The van der Waals surface area contributed by atoms with Crippen LogP contribution < -0.4 is 10.6 Å². The molecule has 0 aliphatic carbocycles. The minimum atomic E-state index is -0.445. The first-order chi connectivity index (χ1) is 8.15. The Kier molecular flexibility index (Phi) is 3.04. The lowest BCUT2D eigenvalue weighted by atomic mass is 10.3. The smallest absolute Gasteiger partial charge is 0.308 e. The molecule has 0 atom stereocenters. The van der Waals surface area contributed by atoms with E-state index in [0.29, 0.717) is 11.5 Å². The molecule has 1 aromatic heterocycles. The topological polar surface area (TPSA) is 59.0 Å². The molecule has 2 amide bonds. The molecule has 17 heavy (non-hydrogen) atoms. The number of halogens is 1. The number of nitrogens with zero attached hydrogens (tertiary/aromatic N) is 2. The molecule has 0 unspecified atom stereocenters. The fourth-order valence-electron chi connectivity index (χ4n) is 1.34. The molecular formula is C11H11FN4O. The molecule has 0 saturated carbocycles. The third-order valence-electron chi connectivity index (χ3n) is 2.15. The van der Waals surface area contributed by atoms with E-state index in [1.807, 2.05) is 0 Å². The van der Waals surface area contributed by atoms with Crippen LogP contribution in [-0.2, 0) is 7.05 Å². The van der Waals surface area contributed by atoms with E-state index in [9.17, 15) is 9.18 Å². The normalized spacial score (nSPS) is 10.0. The average Bonchev–Trinajstić information content (AvgIpc) is 2.64. The second kappa shape index (κ2) is 4.65. The number of benzene rings is 1. The van der Waals surface area contributed by atoms with Crippen molar-refractivity contribution >= 4 is 17.5 Å². The van der Waals surface area contributed by atoms with E-state index in [4.69, 9.17) is 0 Å². The van der Waals surface area contributed by atoms with Crippen LogP contribution in [0.5, 0.6) is 0 Å².